The predicted molar refractivity (Wildman–Crippen MR) is 239 cm³/mol. The van der Waals surface area contributed by atoms with E-state index in [2.05, 4.69) is 114 Å². The Labute approximate surface area is 334 Å². The van der Waals surface area contributed by atoms with Crippen LogP contribution in [0, 0.1) is 6.57 Å². The smallest absolute Gasteiger partial charge is 0.187 e. The molecular formula is C53H31N5. The Balaban J connectivity index is 1.11. The van der Waals surface area contributed by atoms with Crippen LogP contribution in [0.1, 0.15) is 0 Å². The van der Waals surface area contributed by atoms with Crippen LogP contribution in [0.4, 0.5) is 5.69 Å². The van der Waals surface area contributed by atoms with E-state index in [4.69, 9.17) is 26.5 Å². The number of para-hydroxylation sites is 1. The Morgan fingerprint density at radius 3 is 1.69 bits per heavy atom. The minimum atomic E-state index is 0.632. The molecule has 0 spiro atoms. The topological polar surface area (TPSA) is 55.9 Å². The summed E-state index contributed by atoms with van der Waals surface area (Å²) in [7, 11) is 0. The molecule has 3 aromatic heterocycles. The first-order chi connectivity index (χ1) is 28.7. The molecule has 11 rings (SSSR count). The van der Waals surface area contributed by atoms with E-state index in [1.165, 1.54) is 0 Å². The van der Waals surface area contributed by atoms with E-state index in [0.29, 0.717) is 11.5 Å². The van der Waals surface area contributed by atoms with Crippen LogP contribution in [0.3, 0.4) is 0 Å². The van der Waals surface area contributed by atoms with Crippen LogP contribution in [0.25, 0.3) is 115 Å². The van der Waals surface area contributed by atoms with Gasteiger partial charge in [0.15, 0.2) is 11.5 Å². The third-order valence-corrected chi connectivity index (χ3v) is 11.2. The molecule has 0 unspecified atom stereocenters. The predicted octanol–water partition coefficient (Wildman–Crippen LogP) is 13.9. The molecule has 0 aliphatic rings. The number of hydrogen-bond donors (Lipinski definition) is 0. The summed E-state index contributed by atoms with van der Waals surface area (Å²) in [6.07, 6.45) is 3.76. The van der Waals surface area contributed by atoms with Crippen molar-refractivity contribution in [3.63, 3.8) is 0 Å². The van der Waals surface area contributed by atoms with Gasteiger partial charge in [-0.15, -0.1) is 0 Å². The standard InChI is InChI=1S/C53H31N5/c1-54-37-24-22-33(23-25-37)38-26-27-41(40-17-6-5-16-39(38)40)48-32-47-42-19-10-28-55-51(42)45(31-46(47)43-20-11-29-56-52(43)48)35-14-9-15-36(30-35)53-57-49-21-8-7-18-44(49)50(58-53)34-12-3-2-4-13-34/h2-32H. The summed E-state index contributed by atoms with van der Waals surface area (Å²) in [4.78, 5) is 23.9. The SMILES string of the molecule is [C-]#[N+]c1ccc(-c2ccc(-c3cc4c5cccnc5c(-c5cccc(-c6nc(-c7ccccc7)c7ccccc7n6)c5)cc4c4cccnc34)c3ccccc23)cc1. The van der Waals surface area contributed by atoms with Crippen molar-refractivity contribution >= 4 is 59.9 Å². The molecule has 0 atom stereocenters. The zero-order valence-electron chi connectivity index (χ0n) is 31.1. The van der Waals surface area contributed by atoms with Crippen molar-refractivity contribution < 1.29 is 0 Å². The third-order valence-electron chi connectivity index (χ3n) is 11.2. The van der Waals surface area contributed by atoms with Crippen LogP contribution in [0.2, 0.25) is 0 Å². The molecule has 0 saturated carbocycles. The van der Waals surface area contributed by atoms with Crippen molar-refractivity contribution in [2.24, 2.45) is 0 Å². The molecule has 0 bridgehead atoms. The molecule has 5 heteroatoms. The zero-order chi connectivity index (χ0) is 38.6. The zero-order valence-corrected chi connectivity index (χ0v) is 31.1. The number of fused-ring (bicyclic) bond motifs is 7. The lowest BCUT2D eigenvalue weighted by atomic mass is 9.88. The monoisotopic (exact) mass is 737 g/mol. The van der Waals surface area contributed by atoms with Gasteiger partial charge in [0.2, 0.25) is 0 Å². The second-order valence-electron chi connectivity index (χ2n) is 14.5. The van der Waals surface area contributed by atoms with E-state index in [-0.39, 0.29) is 0 Å². The molecule has 8 aromatic carbocycles. The fourth-order valence-electron chi connectivity index (χ4n) is 8.48. The van der Waals surface area contributed by atoms with Gasteiger partial charge in [0.25, 0.3) is 0 Å². The first-order valence-corrected chi connectivity index (χ1v) is 19.2. The molecule has 5 nitrogen and oxygen atoms in total. The van der Waals surface area contributed by atoms with Gasteiger partial charge in [0.05, 0.1) is 28.8 Å². The average molecular weight is 738 g/mol. The minimum absolute atomic E-state index is 0.632. The fourth-order valence-corrected chi connectivity index (χ4v) is 8.48. The van der Waals surface area contributed by atoms with Crippen LogP contribution in [-0.4, -0.2) is 19.9 Å². The summed E-state index contributed by atoms with van der Waals surface area (Å²) in [6, 6.07) is 60.8. The van der Waals surface area contributed by atoms with Crippen LogP contribution < -0.4 is 0 Å². The van der Waals surface area contributed by atoms with Crippen molar-refractivity contribution in [2.75, 3.05) is 0 Å². The first-order valence-electron chi connectivity index (χ1n) is 19.2. The van der Waals surface area contributed by atoms with Crippen molar-refractivity contribution in [1.82, 2.24) is 19.9 Å². The molecule has 0 fully saturated rings. The van der Waals surface area contributed by atoms with E-state index in [1.807, 2.05) is 79.1 Å². The maximum atomic E-state index is 7.41. The van der Waals surface area contributed by atoms with Gasteiger partial charge in [-0.25, -0.2) is 14.8 Å². The number of pyridine rings is 2. The number of nitrogens with zero attached hydrogens (tertiary/aromatic N) is 5. The van der Waals surface area contributed by atoms with Crippen molar-refractivity contribution in [3.05, 3.63) is 200 Å². The summed E-state index contributed by atoms with van der Waals surface area (Å²) in [5.41, 5.74) is 12.8. The lowest BCUT2D eigenvalue weighted by Gasteiger charge is -2.17. The van der Waals surface area contributed by atoms with Gasteiger partial charge in [-0.1, -0.05) is 140 Å². The summed E-state index contributed by atoms with van der Waals surface area (Å²) in [6.45, 7) is 7.41. The lowest BCUT2D eigenvalue weighted by molar-refractivity contribution is 1.23. The summed E-state index contributed by atoms with van der Waals surface area (Å²) < 4.78 is 0. The molecular weight excluding hydrogens is 707 g/mol. The van der Waals surface area contributed by atoms with E-state index < -0.39 is 0 Å². The maximum Gasteiger partial charge on any atom is 0.187 e. The quantitative estimate of drug-likeness (QED) is 0.130. The van der Waals surface area contributed by atoms with E-state index >= 15 is 0 Å². The highest BCUT2D eigenvalue weighted by atomic mass is 14.9. The van der Waals surface area contributed by atoms with Gasteiger partial charge in [0, 0.05) is 50.8 Å². The van der Waals surface area contributed by atoms with Crippen LogP contribution in [0.15, 0.2) is 188 Å². The van der Waals surface area contributed by atoms with Gasteiger partial charge < -0.3 is 0 Å². The van der Waals surface area contributed by atoms with Gasteiger partial charge in [-0.3, -0.25) is 9.97 Å². The molecule has 0 amide bonds. The third kappa shape index (κ3) is 5.47. The molecule has 0 radical (unpaired) electrons. The fraction of sp³-hybridized carbons (Fsp3) is 0. The van der Waals surface area contributed by atoms with Gasteiger partial charge in [-0.05, 0) is 80.2 Å². The van der Waals surface area contributed by atoms with Crippen molar-refractivity contribution in [3.8, 4) is 56.0 Å². The number of hydrogen-bond acceptors (Lipinski definition) is 4. The van der Waals surface area contributed by atoms with Crippen molar-refractivity contribution in [1.29, 1.82) is 0 Å². The summed E-state index contributed by atoms with van der Waals surface area (Å²) in [5, 5.41) is 7.69. The molecule has 268 valence electrons. The summed E-state index contributed by atoms with van der Waals surface area (Å²) >= 11 is 0. The maximum absolute atomic E-state index is 7.41. The van der Waals surface area contributed by atoms with E-state index in [9.17, 15) is 0 Å². The molecule has 0 N–H and O–H groups in total. The molecule has 58 heavy (non-hydrogen) atoms. The molecule has 11 aromatic rings. The lowest BCUT2D eigenvalue weighted by Crippen LogP contribution is -1.96. The van der Waals surface area contributed by atoms with Gasteiger partial charge in [-0.2, -0.15) is 0 Å². The molecule has 0 aliphatic carbocycles. The largest absolute Gasteiger partial charge is 0.256 e. The Morgan fingerprint density at radius 2 is 0.948 bits per heavy atom. The first kappa shape index (κ1) is 33.3. The Bertz CT molecular complexity index is 3460. The Kier molecular flexibility index (Phi) is 7.80. The molecule has 3 heterocycles. The second kappa shape index (κ2) is 13.6. The highest BCUT2D eigenvalue weighted by Crippen LogP contribution is 2.44. The van der Waals surface area contributed by atoms with E-state index in [1.54, 1.807) is 0 Å². The normalized spacial score (nSPS) is 11.4. The van der Waals surface area contributed by atoms with E-state index in [0.717, 1.165) is 104 Å². The molecule has 0 aliphatic heterocycles. The van der Waals surface area contributed by atoms with Crippen LogP contribution in [-0.2, 0) is 0 Å². The van der Waals surface area contributed by atoms with Gasteiger partial charge >= 0.3 is 0 Å². The highest BCUT2D eigenvalue weighted by molar-refractivity contribution is 6.23. The minimum Gasteiger partial charge on any atom is -0.256 e. The average Bonchev–Trinajstić information content (AvgIpc) is 3.30. The van der Waals surface area contributed by atoms with Crippen LogP contribution >= 0.6 is 0 Å². The highest BCUT2D eigenvalue weighted by Gasteiger charge is 2.19. The number of aromatic nitrogens is 4. The van der Waals surface area contributed by atoms with Crippen molar-refractivity contribution in [2.45, 2.75) is 0 Å². The molecule has 0 saturated heterocycles. The van der Waals surface area contributed by atoms with Gasteiger partial charge in [0.1, 0.15) is 0 Å². The number of rotatable bonds is 5. The Morgan fingerprint density at radius 1 is 0.362 bits per heavy atom. The Hall–Kier alpha value is -8.07. The number of benzene rings is 8. The second-order valence-corrected chi connectivity index (χ2v) is 14.5. The summed E-state index contributed by atoms with van der Waals surface area (Å²) in [5.74, 6) is 0.676. The van der Waals surface area contributed by atoms with Crippen LogP contribution in [0.5, 0.6) is 0 Å².